The molecule has 0 aliphatic carbocycles. The van der Waals surface area contributed by atoms with Gasteiger partial charge in [0.1, 0.15) is 0 Å². The van der Waals surface area contributed by atoms with E-state index < -0.39 is 0 Å². The minimum absolute atomic E-state index is 0.155. The van der Waals surface area contributed by atoms with Gasteiger partial charge in [-0.3, -0.25) is 0 Å². The summed E-state index contributed by atoms with van der Waals surface area (Å²) in [5.74, 6) is 0. The maximum Gasteiger partial charge on any atom is 0.0862 e. The number of nitrogens with one attached hydrogen (secondary N) is 1. The highest BCUT2D eigenvalue weighted by Crippen LogP contribution is 2.41. The van der Waals surface area contributed by atoms with Crippen LogP contribution >= 0.6 is 23.4 Å². The van der Waals surface area contributed by atoms with Gasteiger partial charge in [-0.25, -0.2) is 0 Å². The summed E-state index contributed by atoms with van der Waals surface area (Å²) in [7, 11) is 0. The molecule has 21 heavy (non-hydrogen) atoms. The van der Waals surface area contributed by atoms with Gasteiger partial charge >= 0.3 is 0 Å². The molecule has 1 fully saturated rings. The number of ether oxygens (including phenoxy) is 1. The van der Waals surface area contributed by atoms with Crippen molar-refractivity contribution < 1.29 is 4.74 Å². The van der Waals surface area contributed by atoms with Crippen molar-refractivity contribution in [1.82, 2.24) is 5.32 Å². The topological polar surface area (TPSA) is 21.3 Å². The number of halogens is 1. The molecule has 0 spiro atoms. The van der Waals surface area contributed by atoms with Crippen LogP contribution < -0.4 is 5.32 Å². The predicted octanol–water partition coefficient (Wildman–Crippen LogP) is 4.16. The lowest BCUT2D eigenvalue weighted by atomic mass is 10.1. The Labute approximate surface area is 134 Å². The molecule has 1 aliphatic heterocycles. The Hall–Kier alpha value is -1.00. The predicted molar refractivity (Wildman–Crippen MR) is 89.1 cm³/mol. The minimum atomic E-state index is 0.155. The normalized spacial score (nSPS) is 20.1. The Morgan fingerprint density at radius 1 is 1.10 bits per heavy atom. The Morgan fingerprint density at radius 3 is 2.57 bits per heavy atom. The number of hydrogen-bond acceptors (Lipinski definition) is 3. The number of thioether (sulfide) groups is 1. The van der Waals surface area contributed by atoms with Crippen molar-refractivity contribution in [3.05, 3.63) is 65.2 Å². The molecule has 1 unspecified atom stereocenters. The Balaban J connectivity index is 1.87. The van der Waals surface area contributed by atoms with Crippen molar-refractivity contribution in [2.45, 2.75) is 16.2 Å². The molecule has 0 aromatic heterocycles. The van der Waals surface area contributed by atoms with Crippen LogP contribution in [0, 0.1) is 0 Å². The van der Waals surface area contributed by atoms with Crippen molar-refractivity contribution in [3.63, 3.8) is 0 Å². The summed E-state index contributed by atoms with van der Waals surface area (Å²) < 4.78 is 5.98. The standard InChI is InChI=1S/C17H18ClNOS/c18-14-8-4-5-9-16(14)21-17(13-6-2-1-3-7-13)15-12-19-10-11-20-15/h1-9,15,17,19H,10-12H2/t15-,17?/m1/s1. The van der Waals surface area contributed by atoms with E-state index in [1.165, 1.54) is 5.56 Å². The van der Waals surface area contributed by atoms with E-state index in [9.17, 15) is 0 Å². The summed E-state index contributed by atoms with van der Waals surface area (Å²) in [6, 6.07) is 18.5. The van der Waals surface area contributed by atoms with Crippen molar-refractivity contribution in [2.24, 2.45) is 0 Å². The summed E-state index contributed by atoms with van der Waals surface area (Å²) in [5, 5.41) is 4.45. The lowest BCUT2D eigenvalue weighted by Gasteiger charge is -2.31. The fourth-order valence-electron chi connectivity index (χ4n) is 2.46. The number of benzene rings is 2. The molecular weight excluding hydrogens is 302 g/mol. The molecule has 1 N–H and O–H groups in total. The first-order valence-corrected chi connectivity index (χ1v) is 8.39. The van der Waals surface area contributed by atoms with E-state index in [0.717, 1.165) is 29.6 Å². The first-order valence-electron chi connectivity index (χ1n) is 7.13. The third kappa shape index (κ3) is 3.80. The molecule has 110 valence electrons. The van der Waals surface area contributed by atoms with Gasteiger partial charge in [0.25, 0.3) is 0 Å². The third-order valence-electron chi connectivity index (χ3n) is 3.51. The molecule has 3 rings (SSSR count). The second-order valence-electron chi connectivity index (χ2n) is 4.99. The van der Waals surface area contributed by atoms with E-state index in [1.807, 2.05) is 24.3 Å². The monoisotopic (exact) mass is 319 g/mol. The van der Waals surface area contributed by atoms with Crippen LogP contribution in [0.3, 0.4) is 0 Å². The summed E-state index contributed by atoms with van der Waals surface area (Å²) in [4.78, 5) is 1.10. The fourth-order valence-corrected chi connectivity index (χ4v) is 3.96. The lowest BCUT2D eigenvalue weighted by Crippen LogP contribution is -2.41. The molecule has 0 saturated carbocycles. The molecule has 1 saturated heterocycles. The van der Waals surface area contributed by atoms with Gasteiger partial charge in [0.15, 0.2) is 0 Å². The Morgan fingerprint density at radius 2 is 1.86 bits per heavy atom. The minimum Gasteiger partial charge on any atom is -0.374 e. The van der Waals surface area contributed by atoms with E-state index >= 15 is 0 Å². The lowest BCUT2D eigenvalue weighted by molar-refractivity contribution is 0.0273. The number of hydrogen-bond donors (Lipinski definition) is 1. The summed E-state index contributed by atoms with van der Waals surface area (Å²) in [6.45, 7) is 2.56. The maximum absolute atomic E-state index is 6.32. The highest BCUT2D eigenvalue weighted by atomic mass is 35.5. The van der Waals surface area contributed by atoms with Gasteiger partial charge in [-0.2, -0.15) is 0 Å². The second-order valence-corrected chi connectivity index (χ2v) is 6.58. The van der Waals surface area contributed by atoms with Crippen LogP contribution in [0.4, 0.5) is 0 Å². The van der Waals surface area contributed by atoms with Crippen molar-refractivity contribution in [3.8, 4) is 0 Å². The van der Waals surface area contributed by atoms with Gasteiger partial charge in [0.05, 0.1) is 23.0 Å². The third-order valence-corrected chi connectivity index (χ3v) is 5.39. The highest BCUT2D eigenvalue weighted by Gasteiger charge is 2.27. The molecule has 2 aromatic carbocycles. The van der Waals surface area contributed by atoms with Crippen molar-refractivity contribution in [1.29, 1.82) is 0 Å². The quantitative estimate of drug-likeness (QED) is 0.855. The van der Waals surface area contributed by atoms with E-state index in [-0.39, 0.29) is 11.4 Å². The molecule has 0 bridgehead atoms. The van der Waals surface area contributed by atoms with E-state index in [4.69, 9.17) is 16.3 Å². The van der Waals surface area contributed by atoms with Crippen LogP contribution in [0.2, 0.25) is 5.02 Å². The molecule has 2 nitrogen and oxygen atoms in total. The molecule has 0 amide bonds. The second kappa shape index (κ2) is 7.32. The van der Waals surface area contributed by atoms with Crippen LogP contribution in [0.5, 0.6) is 0 Å². The largest absolute Gasteiger partial charge is 0.374 e. The molecule has 0 radical (unpaired) electrons. The maximum atomic E-state index is 6.32. The summed E-state index contributed by atoms with van der Waals surface area (Å²) >= 11 is 8.10. The smallest absolute Gasteiger partial charge is 0.0862 e. The van der Waals surface area contributed by atoms with Gasteiger partial charge in [-0.05, 0) is 17.7 Å². The SMILES string of the molecule is Clc1ccccc1SC(c1ccccc1)[C@H]1CNCCO1. The first kappa shape index (κ1) is 14.9. The highest BCUT2D eigenvalue weighted by molar-refractivity contribution is 7.99. The summed E-state index contributed by atoms with van der Waals surface area (Å²) in [6.07, 6.45) is 0.155. The van der Waals surface area contributed by atoms with Gasteiger partial charge in [-0.1, -0.05) is 54.1 Å². The van der Waals surface area contributed by atoms with Crippen molar-refractivity contribution in [2.75, 3.05) is 19.7 Å². The first-order chi connectivity index (χ1) is 10.3. The zero-order valence-corrected chi connectivity index (χ0v) is 13.2. The van der Waals surface area contributed by atoms with Gasteiger partial charge in [0, 0.05) is 18.0 Å². The Kier molecular flexibility index (Phi) is 5.20. The van der Waals surface area contributed by atoms with Crippen LogP contribution in [0.15, 0.2) is 59.5 Å². The average Bonchev–Trinajstić information content (AvgIpc) is 2.56. The van der Waals surface area contributed by atoms with Crippen LogP contribution in [0.1, 0.15) is 10.8 Å². The van der Waals surface area contributed by atoms with Gasteiger partial charge in [0.2, 0.25) is 0 Å². The fraction of sp³-hybridized carbons (Fsp3) is 0.294. The van der Waals surface area contributed by atoms with Crippen LogP contribution in [-0.2, 0) is 4.74 Å². The number of rotatable bonds is 4. The van der Waals surface area contributed by atoms with Gasteiger partial charge in [-0.15, -0.1) is 11.8 Å². The van der Waals surface area contributed by atoms with Crippen molar-refractivity contribution >= 4 is 23.4 Å². The van der Waals surface area contributed by atoms with E-state index in [0.29, 0.717) is 0 Å². The zero-order valence-electron chi connectivity index (χ0n) is 11.7. The molecular formula is C17H18ClNOS. The van der Waals surface area contributed by atoms with E-state index in [2.05, 4.69) is 35.6 Å². The molecule has 2 aromatic rings. The molecule has 2 atom stereocenters. The molecule has 1 aliphatic rings. The summed E-state index contributed by atoms with van der Waals surface area (Å²) in [5.41, 5.74) is 1.27. The Bertz CT molecular complexity index is 572. The average molecular weight is 320 g/mol. The molecule has 1 heterocycles. The van der Waals surface area contributed by atoms with Gasteiger partial charge < -0.3 is 10.1 Å². The zero-order chi connectivity index (χ0) is 14.5. The van der Waals surface area contributed by atoms with Crippen LogP contribution in [-0.4, -0.2) is 25.8 Å². The molecule has 4 heteroatoms. The van der Waals surface area contributed by atoms with Crippen LogP contribution in [0.25, 0.3) is 0 Å². The number of morpholine rings is 1. The van der Waals surface area contributed by atoms with E-state index in [1.54, 1.807) is 11.8 Å².